The average Bonchev–Trinajstić information content (AvgIpc) is 2.85. The molecule has 0 aliphatic rings. The Morgan fingerprint density at radius 3 is 2.63 bits per heavy atom. The number of anilines is 2. The maximum atomic E-state index is 12.5. The molecule has 0 spiro atoms. The molecule has 1 aromatic heterocycles. The number of sulfonamides is 1. The Bertz CT molecular complexity index is 1180. The monoisotopic (exact) mass is 405 g/mol. The molecule has 9 heteroatoms. The van der Waals surface area contributed by atoms with E-state index in [1.165, 1.54) is 4.57 Å². The molecule has 1 amide bonds. The lowest BCUT2D eigenvalue weighted by molar-refractivity contribution is -0.114. The van der Waals surface area contributed by atoms with E-state index in [1.54, 1.807) is 43.4 Å². The highest BCUT2D eigenvalue weighted by atomic mass is 32.2. The van der Waals surface area contributed by atoms with Crippen molar-refractivity contribution in [2.75, 3.05) is 22.4 Å². The summed E-state index contributed by atoms with van der Waals surface area (Å²) in [7, 11) is -1.94. The normalized spacial score (nSPS) is 11.5. The van der Waals surface area contributed by atoms with Crippen LogP contribution in [0.4, 0.5) is 11.4 Å². The minimum absolute atomic E-state index is 0.0869. The van der Waals surface area contributed by atoms with Crippen molar-refractivity contribution in [3.63, 3.8) is 0 Å². The standard InChI is InChI=1S/C18H19N3O4S2/c1-12-5-4-6-14(9-12)21(27(3,24)25)11-17(22)19-13-7-8-15-16(10-13)26-18(23)20(15)2/h4-10H,11H2,1-3H3,(H,19,22). The predicted molar refractivity (Wildman–Crippen MR) is 109 cm³/mol. The van der Waals surface area contributed by atoms with Gasteiger partial charge in [0.25, 0.3) is 0 Å². The number of fused-ring (bicyclic) bond motifs is 1. The highest BCUT2D eigenvalue weighted by Crippen LogP contribution is 2.22. The third-order valence-corrected chi connectivity index (χ3v) is 6.19. The van der Waals surface area contributed by atoms with Crippen molar-refractivity contribution in [3.05, 3.63) is 57.7 Å². The summed E-state index contributed by atoms with van der Waals surface area (Å²) in [5.74, 6) is -0.468. The summed E-state index contributed by atoms with van der Waals surface area (Å²) in [5.41, 5.74) is 2.61. The summed E-state index contributed by atoms with van der Waals surface area (Å²) >= 11 is 1.09. The van der Waals surface area contributed by atoms with Gasteiger partial charge in [0, 0.05) is 12.7 Å². The molecule has 2 aromatic carbocycles. The van der Waals surface area contributed by atoms with E-state index in [4.69, 9.17) is 0 Å². The van der Waals surface area contributed by atoms with Gasteiger partial charge < -0.3 is 9.88 Å². The zero-order valence-electron chi connectivity index (χ0n) is 15.1. The van der Waals surface area contributed by atoms with Crippen molar-refractivity contribution in [2.45, 2.75) is 6.92 Å². The predicted octanol–water partition coefficient (Wildman–Crippen LogP) is 2.31. The molecule has 7 nitrogen and oxygen atoms in total. The first-order valence-electron chi connectivity index (χ1n) is 8.09. The Morgan fingerprint density at radius 1 is 1.22 bits per heavy atom. The van der Waals surface area contributed by atoms with Gasteiger partial charge in [0.05, 0.1) is 22.2 Å². The molecule has 1 N–H and O–H groups in total. The maximum Gasteiger partial charge on any atom is 0.307 e. The van der Waals surface area contributed by atoms with Crippen LogP contribution in [0.25, 0.3) is 10.2 Å². The van der Waals surface area contributed by atoms with Crippen LogP contribution in [-0.4, -0.2) is 31.7 Å². The molecule has 3 aromatic rings. The Morgan fingerprint density at radius 2 is 1.96 bits per heavy atom. The van der Waals surface area contributed by atoms with E-state index in [1.807, 2.05) is 13.0 Å². The van der Waals surface area contributed by atoms with Crippen molar-refractivity contribution in [3.8, 4) is 0 Å². The van der Waals surface area contributed by atoms with Crippen LogP contribution in [0.5, 0.6) is 0 Å². The first kappa shape index (κ1) is 19.1. The van der Waals surface area contributed by atoms with Crippen molar-refractivity contribution in [1.29, 1.82) is 0 Å². The average molecular weight is 406 g/mol. The van der Waals surface area contributed by atoms with Crippen LogP contribution in [-0.2, 0) is 21.9 Å². The number of benzene rings is 2. The lowest BCUT2D eigenvalue weighted by Gasteiger charge is -2.22. The summed E-state index contributed by atoms with van der Waals surface area (Å²) in [6, 6.07) is 12.1. The molecule has 0 bridgehead atoms. The molecule has 0 aliphatic heterocycles. The number of hydrogen-bond acceptors (Lipinski definition) is 5. The maximum absolute atomic E-state index is 12.5. The lowest BCUT2D eigenvalue weighted by Crippen LogP contribution is -2.37. The summed E-state index contributed by atoms with van der Waals surface area (Å²) in [5, 5.41) is 2.70. The highest BCUT2D eigenvalue weighted by Gasteiger charge is 2.21. The Balaban J connectivity index is 1.83. The zero-order chi connectivity index (χ0) is 19.8. The van der Waals surface area contributed by atoms with E-state index in [2.05, 4.69) is 5.32 Å². The third-order valence-electron chi connectivity index (χ3n) is 4.05. The second kappa shape index (κ2) is 7.16. The van der Waals surface area contributed by atoms with Gasteiger partial charge in [-0.25, -0.2) is 8.42 Å². The molecule has 0 fully saturated rings. The molecule has 0 radical (unpaired) electrons. The number of carbonyl (C=O) groups is 1. The van der Waals surface area contributed by atoms with Crippen LogP contribution in [0.15, 0.2) is 47.3 Å². The summed E-state index contributed by atoms with van der Waals surface area (Å²) in [4.78, 5) is 24.1. The van der Waals surface area contributed by atoms with Gasteiger partial charge in [0.1, 0.15) is 6.54 Å². The van der Waals surface area contributed by atoms with Crippen molar-refractivity contribution in [2.24, 2.45) is 7.05 Å². The van der Waals surface area contributed by atoms with Gasteiger partial charge in [0.2, 0.25) is 15.9 Å². The molecule has 1 heterocycles. The van der Waals surface area contributed by atoms with Gasteiger partial charge in [-0.1, -0.05) is 23.5 Å². The van der Waals surface area contributed by atoms with E-state index < -0.39 is 15.9 Å². The Kier molecular flexibility index (Phi) is 5.07. The number of rotatable bonds is 5. The SMILES string of the molecule is Cc1cccc(N(CC(=O)Nc2ccc3c(c2)sc(=O)n3C)S(C)(=O)=O)c1. The van der Waals surface area contributed by atoms with Crippen molar-refractivity contribution in [1.82, 2.24) is 4.57 Å². The summed E-state index contributed by atoms with van der Waals surface area (Å²) in [6.07, 6.45) is 1.07. The van der Waals surface area contributed by atoms with Gasteiger partial charge >= 0.3 is 4.87 Å². The van der Waals surface area contributed by atoms with Crippen LogP contribution >= 0.6 is 11.3 Å². The second-order valence-electron chi connectivity index (χ2n) is 6.27. The quantitative estimate of drug-likeness (QED) is 0.706. The Hall–Kier alpha value is -2.65. The molecular formula is C18H19N3O4S2. The minimum Gasteiger partial charge on any atom is -0.324 e. The number of hydrogen-bond donors (Lipinski definition) is 1. The fourth-order valence-electron chi connectivity index (χ4n) is 2.73. The topological polar surface area (TPSA) is 88.5 Å². The number of aryl methyl sites for hydroxylation is 2. The van der Waals surface area contributed by atoms with Gasteiger partial charge in [0.15, 0.2) is 0 Å². The molecule has 27 heavy (non-hydrogen) atoms. The number of nitrogens with zero attached hydrogens (tertiary/aromatic N) is 2. The number of nitrogens with one attached hydrogen (secondary N) is 1. The second-order valence-corrected chi connectivity index (χ2v) is 9.17. The molecule has 0 saturated carbocycles. The summed E-state index contributed by atoms with van der Waals surface area (Å²) in [6.45, 7) is 1.51. The zero-order valence-corrected chi connectivity index (χ0v) is 16.7. The van der Waals surface area contributed by atoms with Crippen molar-refractivity contribution >= 4 is 48.9 Å². The van der Waals surface area contributed by atoms with Crippen LogP contribution < -0.4 is 14.5 Å². The van der Waals surface area contributed by atoms with Gasteiger partial charge in [-0.15, -0.1) is 0 Å². The lowest BCUT2D eigenvalue weighted by atomic mass is 10.2. The van der Waals surface area contributed by atoms with Gasteiger partial charge in [-0.05, 0) is 42.8 Å². The fourth-order valence-corrected chi connectivity index (χ4v) is 4.49. The van der Waals surface area contributed by atoms with E-state index in [0.29, 0.717) is 11.4 Å². The first-order valence-corrected chi connectivity index (χ1v) is 10.8. The number of thiazole rings is 1. The largest absolute Gasteiger partial charge is 0.324 e. The van der Waals surface area contributed by atoms with Crippen LogP contribution in [0, 0.1) is 6.92 Å². The molecule has 0 unspecified atom stereocenters. The van der Waals surface area contributed by atoms with E-state index in [0.717, 1.165) is 37.7 Å². The minimum atomic E-state index is -3.63. The highest BCUT2D eigenvalue weighted by molar-refractivity contribution is 7.92. The third kappa shape index (κ3) is 4.20. The number of carbonyl (C=O) groups excluding carboxylic acids is 1. The molecule has 0 saturated heterocycles. The molecule has 3 rings (SSSR count). The molecule has 142 valence electrons. The fraction of sp³-hybridized carbons (Fsp3) is 0.222. The molecule has 0 aliphatic carbocycles. The van der Waals surface area contributed by atoms with Gasteiger partial charge in [-0.2, -0.15) is 0 Å². The van der Waals surface area contributed by atoms with E-state index in [-0.39, 0.29) is 11.4 Å². The van der Waals surface area contributed by atoms with E-state index >= 15 is 0 Å². The van der Waals surface area contributed by atoms with Crippen LogP contribution in [0.3, 0.4) is 0 Å². The van der Waals surface area contributed by atoms with Crippen LogP contribution in [0.2, 0.25) is 0 Å². The van der Waals surface area contributed by atoms with Gasteiger partial charge in [-0.3, -0.25) is 13.9 Å². The first-order chi connectivity index (χ1) is 12.6. The van der Waals surface area contributed by atoms with Crippen molar-refractivity contribution < 1.29 is 13.2 Å². The Labute approximate surface area is 160 Å². The van der Waals surface area contributed by atoms with E-state index in [9.17, 15) is 18.0 Å². The number of aromatic nitrogens is 1. The molecular weight excluding hydrogens is 386 g/mol. The van der Waals surface area contributed by atoms with Crippen LogP contribution in [0.1, 0.15) is 5.56 Å². The molecule has 0 atom stereocenters. The number of amides is 1. The smallest absolute Gasteiger partial charge is 0.307 e. The summed E-state index contributed by atoms with van der Waals surface area (Å²) < 4.78 is 27.7.